The summed E-state index contributed by atoms with van der Waals surface area (Å²) in [6.45, 7) is 11.9. The van der Waals surface area contributed by atoms with Crippen molar-refractivity contribution in [1.82, 2.24) is 9.97 Å². The number of nitrogens with zero attached hydrogens (tertiary/aromatic N) is 2. The fraction of sp³-hybridized carbons (Fsp3) is 0.333. The average molecular weight is 574 g/mol. The normalized spacial score (nSPS) is 12.4. The maximum atomic E-state index is 4.93. The molecule has 0 radical (unpaired) electrons. The Hall–Kier alpha value is -1.94. The standard InChI is InChI=1S/C30H34GeN2Se/c1-6-31(7-2,8-3)26-18-23(17-21-12-9-10-14-24(21)26)27-30-28(33-19-32-27)25-15-11-13-22(16-20(4)5)29(25)34-30/h9-15,17-20H,6-8,16H2,1-5H3. The molecule has 0 bridgehead atoms. The molecule has 34 heavy (non-hydrogen) atoms. The van der Waals surface area contributed by atoms with Crippen molar-refractivity contribution in [3.8, 4) is 11.3 Å². The van der Waals surface area contributed by atoms with E-state index in [4.69, 9.17) is 9.97 Å². The van der Waals surface area contributed by atoms with E-state index in [1.165, 1.54) is 51.6 Å². The summed E-state index contributed by atoms with van der Waals surface area (Å²) in [6, 6.07) is 20.7. The summed E-state index contributed by atoms with van der Waals surface area (Å²) in [5.41, 5.74) is 5.10. The Morgan fingerprint density at radius 1 is 0.824 bits per heavy atom. The number of fused-ring (bicyclic) bond motifs is 4. The molecule has 2 heterocycles. The molecule has 0 aliphatic rings. The Kier molecular flexibility index (Phi) is 6.72. The van der Waals surface area contributed by atoms with Crippen molar-refractivity contribution in [2.75, 3.05) is 0 Å². The summed E-state index contributed by atoms with van der Waals surface area (Å²) in [5, 5.41) is 8.15. The summed E-state index contributed by atoms with van der Waals surface area (Å²) >= 11 is -1.96. The maximum absolute atomic E-state index is 4.93. The van der Waals surface area contributed by atoms with Gasteiger partial charge in [-0.3, -0.25) is 0 Å². The minimum atomic E-state index is -2.19. The summed E-state index contributed by atoms with van der Waals surface area (Å²) in [7, 11) is 0. The zero-order valence-electron chi connectivity index (χ0n) is 21.0. The molecule has 0 aliphatic heterocycles. The first-order chi connectivity index (χ1) is 16.5. The molecule has 0 saturated carbocycles. The molecular formula is C30H34GeN2Se. The van der Waals surface area contributed by atoms with Gasteiger partial charge in [0.15, 0.2) is 0 Å². The molecule has 2 nitrogen and oxygen atoms in total. The third-order valence-corrected chi connectivity index (χ3v) is 22.2. The van der Waals surface area contributed by atoms with Crippen molar-refractivity contribution in [1.29, 1.82) is 0 Å². The minimum absolute atomic E-state index is 0.233. The van der Waals surface area contributed by atoms with Crippen molar-refractivity contribution in [2.24, 2.45) is 5.92 Å². The third-order valence-electron chi connectivity index (χ3n) is 7.72. The van der Waals surface area contributed by atoms with Gasteiger partial charge in [0.25, 0.3) is 0 Å². The summed E-state index contributed by atoms with van der Waals surface area (Å²) in [6.07, 6.45) is 2.92. The van der Waals surface area contributed by atoms with Crippen LogP contribution < -0.4 is 4.40 Å². The van der Waals surface area contributed by atoms with Gasteiger partial charge in [-0.05, 0) is 0 Å². The number of hydrogen-bond acceptors (Lipinski definition) is 2. The fourth-order valence-electron chi connectivity index (χ4n) is 5.67. The number of hydrogen-bond donors (Lipinski definition) is 0. The second kappa shape index (κ2) is 9.60. The van der Waals surface area contributed by atoms with Crippen LogP contribution >= 0.6 is 0 Å². The van der Waals surface area contributed by atoms with Gasteiger partial charge in [0.05, 0.1) is 0 Å². The second-order valence-electron chi connectivity index (χ2n) is 9.98. The van der Waals surface area contributed by atoms with Crippen LogP contribution in [0.3, 0.4) is 0 Å². The van der Waals surface area contributed by atoms with Crippen LogP contribution in [0.4, 0.5) is 0 Å². The molecule has 3 aromatic carbocycles. The van der Waals surface area contributed by atoms with Gasteiger partial charge in [-0.25, -0.2) is 0 Å². The van der Waals surface area contributed by atoms with Gasteiger partial charge in [-0.1, -0.05) is 0 Å². The van der Waals surface area contributed by atoms with Crippen LogP contribution in [0.15, 0.2) is 60.9 Å². The van der Waals surface area contributed by atoms with Gasteiger partial charge in [0, 0.05) is 0 Å². The number of rotatable bonds is 7. The molecule has 2 aromatic heterocycles. The van der Waals surface area contributed by atoms with Crippen molar-refractivity contribution in [2.45, 2.75) is 56.8 Å². The predicted molar refractivity (Wildman–Crippen MR) is 152 cm³/mol. The molecule has 0 N–H and O–H groups in total. The Morgan fingerprint density at radius 3 is 2.29 bits per heavy atom. The molecule has 0 fully saturated rings. The van der Waals surface area contributed by atoms with Gasteiger partial charge in [0.1, 0.15) is 0 Å². The first-order valence-corrected chi connectivity index (χ1v) is 19.9. The Morgan fingerprint density at radius 2 is 1.56 bits per heavy atom. The zero-order valence-corrected chi connectivity index (χ0v) is 24.8. The summed E-state index contributed by atoms with van der Waals surface area (Å²) < 4.78 is 4.55. The molecule has 0 unspecified atom stereocenters. The van der Waals surface area contributed by atoms with Gasteiger partial charge in [-0.15, -0.1) is 0 Å². The molecule has 5 aromatic rings. The topological polar surface area (TPSA) is 25.8 Å². The zero-order chi connectivity index (χ0) is 23.9. The fourth-order valence-corrected chi connectivity index (χ4v) is 16.6. The summed E-state index contributed by atoms with van der Waals surface area (Å²) in [4.78, 5) is 9.73. The van der Waals surface area contributed by atoms with Gasteiger partial charge in [-0.2, -0.15) is 0 Å². The monoisotopic (exact) mass is 576 g/mol. The molecule has 0 atom stereocenters. The molecule has 5 rings (SSSR count). The molecule has 0 spiro atoms. The van der Waals surface area contributed by atoms with E-state index >= 15 is 0 Å². The van der Waals surface area contributed by atoms with E-state index in [0.717, 1.165) is 17.6 Å². The summed E-state index contributed by atoms with van der Waals surface area (Å²) in [5.74, 6) is 0.650. The van der Waals surface area contributed by atoms with Gasteiger partial charge < -0.3 is 0 Å². The van der Waals surface area contributed by atoms with E-state index < -0.39 is 13.3 Å². The molecule has 0 saturated heterocycles. The van der Waals surface area contributed by atoms with Gasteiger partial charge in [0.2, 0.25) is 0 Å². The van der Waals surface area contributed by atoms with Gasteiger partial charge >= 0.3 is 213 Å². The van der Waals surface area contributed by atoms with Crippen molar-refractivity contribution in [3.05, 3.63) is 66.5 Å². The number of benzene rings is 3. The first kappa shape index (κ1) is 23.8. The van der Waals surface area contributed by atoms with Crippen LogP contribution in [0.5, 0.6) is 0 Å². The quantitative estimate of drug-likeness (QED) is 0.188. The predicted octanol–water partition coefficient (Wildman–Crippen LogP) is 7.57. The Balaban J connectivity index is 1.80. The Labute approximate surface area is 211 Å². The van der Waals surface area contributed by atoms with Crippen LogP contribution in [0.1, 0.15) is 40.2 Å². The van der Waals surface area contributed by atoms with Crippen LogP contribution in [-0.4, -0.2) is 37.7 Å². The van der Waals surface area contributed by atoms with Crippen LogP contribution in [0.2, 0.25) is 15.8 Å². The van der Waals surface area contributed by atoms with E-state index in [-0.39, 0.29) is 14.5 Å². The third kappa shape index (κ3) is 3.96. The van der Waals surface area contributed by atoms with E-state index in [1.54, 1.807) is 10.7 Å². The first-order valence-electron chi connectivity index (χ1n) is 12.7. The van der Waals surface area contributed by atoms with Crippen molar-refractivity contribution < 1.29 is 0 Å². The van der Waals surface area contributed by atoms with Crippen molar-refractivity contribution >= 4 is 62.4 Å². The van der Waals surface area contributed by atoms with Crippen molar-refractivity contribution in [3.63, 3.8) is 0 Å². The van der Waals surface area contributed by atoms with E-state index in [1.807, 2.05) is 0 Å². The van der Waals surface area contributed by atoms with Crippen LogP contribution in [0.25, 0.3) is 41.5 Å². The van der Waals surface area contributed by atoms with Crippen LogP contribution in [-0.2, 0) is 6.42 Å². The molecule has 0 amide bonds. The molecule has 4 heteroatoms. The van der Waals surface area contributed by atoms with Crippen LogP contribution in [0, 0.1) is 5.92 Å². The molecule has 0 aliphatic carbocycles. The average Bonchev–Trinajstić information content (AvgIpc) is 3.25. The SMILES string of the molecule is C[CH2][Ge]([CH2]C)([CH2]C)[c]1cc(-c2ncnc3c2[se]c2c(CC(C)C)cccc23)cc2ccccc12. The molecule has 174 valence electrons. The number of aromatic nitrogens is 2. The second-order valence-corrected chi connectivity index (χ2v) is 23.1. The van der Waals surface area contributed by atoms with E-state index in [0.29, 0.717) is 5.92 Å². The molecular weight excluding hydrogens is 540 g/mol. The Bertz CT molecular complexity index is 1470. The van der Waals surface area contributed by atoms with E-state index in [9.17, 15) is 0 Å². The van der Waals surface area contributed by atoms with E-state index in [2.05, 4.69) is 89.2 Å².